The Kier molecular flexibility index (Phi) is 4.72. The first-order chi connectivity index (χ1) is 12.4. The second-order valence-electron chi connectivity index (χ2n) is 5.41. The third-order valence-electron chi connectivity index (χ3n) is 3.52. The van der Waals surface area contributed by atoms with Crippen LogP contribution < -0.4 is 11.6 Å². The van der Waals surface area contributed by atoms with Crippen LogP contribution >= 0.6 is 0 Å². The van der Waals surface area contributed by atoms with Crippen molar-refractivity contribution in [3.8, 4) is 17.0 Å². The number of benzene rings is 1. The Bertz CT molecular complexity index is 951. The SMILES string of the molecule is Nc1nc(C(=O)N(N)Cc2ccccn2)cc(-c2cc(F)ccc2O)n1. The number of amides is 1. The van der Waals surface area contributed by atoms with Crippen LogP contribution in [-0.2, 0) is 6.54 Å². The third kappa shape index (κ3) is 3.73. The molecule has 0 atom stereocenters. The number of carbonyl (C=O) groups excluding carboxylic acids is 1. The highest BCUT2D eigenvalue weighted by Crippen LogP contribution is 2.29. The predicted molar refractivity (Wildman–Crippen MR) is 91.8 cm³/mol. The van der Waals surface area contributed by atoms with Gasteiger partial charge in [0.05, 0.1) is 17.9 Å². The van der Waals surface area contributed by atoms with E-state index in [0.29, 0.717) is 5.69 Å². The first-order valence-corrected chi connectivity index (χ1v) is 7.54. The van der Waals surface area contributed by atoms with E-state index in [2.05, 4.69) is 15.0 Å². The van der Waals surface area contributed by atoms with Crippen LogP contribution in [0.4, 0.5) is 10.3 Å². The Labute approximate surface area is 147 Å². The maximum absolute atomic E-state index is 13.5. The van der Waals surface area contributed by atoms with Gasteiger partial charge in [-0.2, -0.15) is 0 Å². The Morgan fingerprint density at radius 3 is 2.73 bits per heavy atom. The number of phenols is 1. The molecule has 8 nitrogen and oxygen atoms in total. The summed E-state index contributed by atoms with van der Waals surface area (Å²) in [5.41, 5.74) is 6.34. The van der Waals surface area contributed by atoms with Crippen LogP contribution in [0.2, 0.25) is 0 Å². The number of hydrogen-bond donors (Lipinski definition) is 3. The number of aromatic nitrogens is 3. The molecular weight excluding hydrogens is 339 g/mol. The standard InChI is InChI=1S/C17H15FN6O2/c18-10-4-5-15(25)12(7-10)13-8-14(23-17(19)22-13)16(26)24(20)9-11-3-1-2-6-21-11/h1-8,25H,9,20H2,(H2,19,22,23). The van der Waals surface area contributed by atoms with Gasteiger partial charge >= 0.3 is 0 Å². The van der Waals surface area contributed by atoms with Gasteiger partial charge in [-0.05, 0) is 36.4 Å². The molecule has 2 aromatic heterocycles. The van der Waals surface area contributed by atoms with Gasteiger partial charge in [0.15, 0.2) is 0 Å². The maximum atomic E-state index is 13.5. The maximum Gasteiger partial charge on any atom is 0.286 e. The molecule has 5 N–H and O–H groups in total. The van der Waals surface area contributed by atoms with Gasteiger partial charge in [-0.25, -0.2) is 20.2 Å². The van der Waals surface area contributed by atoms with Crippen molar-refractivity contribution < 1.29 is 14.3 Å². The topological polar surface area (TPSA) is 131 Å². The fraction of sp³-hybridized carbons (Fsp3) is 0.0588. The number of nitrogen functional groups attached to an aromatic ring is 1. The summed E-state index contributed by atoms with van der Waals surface area (Å²) >= 11 is 0. The van der Waals surface area contributed by atoms with Crippen LogP contribution in [0.25, 0.3) is 11.3 Å². The lowest BCUT2D eigenvalue weighted by atomic mass is 10.1. The van der Waals surface area contributed by atoms with Crippen molar-refractivity contribution in [3.05, 3.63) is 65.9 Å². The molecule has 3 aromatic rings. The summed E-state index contributed by atoms with van der Waals surface area (Å²) in [7, 11) is 0. The van der Waals surface area contributed by atoms with E-state index in [1.165, 1.54) is 12.1 Å². The first kappa shape index (κ1) is 17.2. The Morgan fingerprint density at radius 1 is 1.19 bits per heavy atom. The molecule has 2 heterocycles. The number of anilines is 1. The normalized spacial score (nSPS) is 10.5. The second-order valence-corrected chi connectivity index (χ2v) is 5.41. The zero-order valence-corrected chi connectivity index (χ0v) is 13.5. The number of phenolic OH excluding ortho intramolecular Hbond substituents is 1. The van der Waals surface area contributed by atoms with Crippen LogP contribution in [0, 0.1) is 5.82 Å². The second kappa shape index (κ2) is 7.11. The van der Waals surface area contributed by atoms with Crippen LogP contribution in [0.5, 0.6) is 5.75 Å². The molecule has 132 valence electrons. The van der Waals surface area contributed by atoms with E-state index in [1.807, 2.05) is 0 Å². The number of nitrogens with two attached hydrogens (primary N) is 2. The Balaban J connectivity index is 1.92. The molecule has 0 saturated carbocycles. The molecule has 0 saturated heterocycles. The highest BCUT2D eigenvalue weighted by Gasteiger charge is 2.18. The lowest BCUT2D eigenvalue weighted by Crippen LogP contribution is -2.37. The number of rotatable bonds is 4. The fourth-order valence-corrected chi connectivity index (χ4v) is 2.31. The van der Waals surface area contributed by atoms with E-state index in [-0.39, 0.29) is 35.2 Å². The molecule has 0 unspecified atom stereocenters. The molecule has 0 radical (unpaired) electrons. The number of carbonyl (C=O) groups is 1. The Morgan fingerprint density at radius 2 is 2.00 bits per heavy atom. The lowest BCUT2D eigenvalue weighted by molar-refractivity contribution is 0.0735. The first-order valence-electron chi connectivity index (χ1n) is 7.54. The van der Waals surface area contributed by atoms with Crippen molar-refractivity contribution in [2.75, 3.05) is 5.73 Å². The van der Waals surface area contributed by atoms with Gasteiger partial charge in [0.2, 0.25) is 5.95 Å². The summed E-state index contributed by atoms with van der Waals surface area (Å²) in [5, 5.41) is 10.8. The average molecular weight is 354 g/mol. The molecule has 3 rings (SSSR count). The summed E-state index contributed by atoms with van der Waals surface area (Å²) in [5.74, 6) is 4.20. The zero-order valence-electron chi connectivity index (χ0n) is 13.5. The minimum Gasteiger partial charge on any atom is -0.507 e. The lowest BCUT2D eigenvalue weighted by Gasteiger charge is -2.16. The van der Waals surface area contributed by atoms with Crippen molar-refractivity contribution in [1.29, 1.82) is 0 Å². The zero-order chi connectivity index (χ0) is 18.7. The number of halogens is 1. The van der Waals surface area contributed by atoms with Gasteiger partial charge in [-0.1, -0.05) is 6.07 Å². The summed E-state index contributed by atoms with van der Waals surface area (Å²) in [6.07, 6.45) is 1.58. The van der Waals surface area contributed by atoms with Crippen LogP contribution in [0.15, 0.2) is 48.7 Å². The number of nitrogens with zero attached hydrogens (tertiary/aromatic N) is 4. The number of hydrogen-bond acceptors (Lipinski definition) is 7. The molecule has 0 fully saturated rings. The van der Waals surface area contributed by atoms with E-state index >= 15 is 0 Å². The summed E-state index contributed by atoms with van der Waals surface area (Å²) in [6.45, 7) is 0.0597. The van der Waals surface area contributed by atoms with E-state index < -0.39 is 11.7 Å². The van der Waals surface area contributed by atoms with E-state index in [9.17, 15) is 14.3 Å². The van der Waals surface area contributed by atoms with Crippen LogP contribution in [0.3, 0.4) is 0 Å². The molecule has 1 aromatic carbocycles. The van der Waals surface area contributed by atoms with Gasteiger partial charge in [0.1, 0.15) is 17.3 Å². The van der Waals surface area contributed by atoms with Gasteiger partial charge in [-0.15, -0.1) is 0 Å². The van der Waals surface area contributed by atoms with Gasteiger partial charge in [0.25, 0.3) is 5.91 Å². The van der Waals surface area contributed by atoms with Crippen LogP contribution in [-0.4, -0.2) is 31.0 Å². The average Bonchev–Trinajstić information content (AvgIpc) is 2.63. The highest BCUT2D eigenvalue weighted by atomic mass is 19.1. The van der Waals surface area contributed by atoms with E-state index in [4.69, 9.17) is 11.6 Å². The number of hydrazine groups is 1. The molecule has 0 aliphatic rings. The number of aromatic hydroxyl groups is 1. The molecule has 0 aliphatic carbocycles. The minimum atomic E-state index is -0.623. The third-order valence-corrected chi connectivity index (χ3v) is 3.52. The highest BCUT2D eigenvalue weighted by molar-refractivity contribution is 5.93. The molecule has 0 aliphatic heterocycles. The summed E-state index contributed by atoms with van der Waals surface area (Å²) < 4.78 is 13.5. The predicted octanol–water partition coefficient (Wildman–Crippen LogP) is 1.48. The van der Waals surface area contributed by atoms with Gasteiger partial charge in [-0.3, -0.25) is 14.8 Å². The molecule has 0 spiro atoms. The quantitative estimate of drug-likeness (QED) is 0.367. The van der Waals surface area contributed by atoms with Crippen molar-refractivity contribution in [1.82, 2.24) is 20.0 Å². The van der Waals surface area contributed by atoms with E-state index in [0.717, 1.165) is 17.1 Å². The molecule has 9 heteroatoms. The fourth-order valence-electron chi connectivity index (χ4n) is 2.31. The monoisotopic (exact) mass is 354 g/mol. The van der Waals surface area contributed by atoms with E-state index in [1.54, 1.807) is 24.4 Å². The summed E-state index contributed by atoms with van der Waals surface area (Å²) in [4.78, 5) is 24.4. The van der Waals surface area contributed by atoms with Gasteiger partial charge < -0.3 is 10.8 Å². The van der Waals surface area contributed by atoms with Crippen LogP contribution in [0.1, 0.15) is 16.2 Å². The molecule has 26 heavy (non-hydrogen) atoms. The molecule has 1 amide bonds. The number of pyridine rings is 1. The molecule has 0 bridgehead atoms. The minimum absolute atomic E-state index is 0.0597. The smallest absolute Gasteiger partial charge is 0.286 e. The Hall–Kier alpha value is -3.59. The van der Waals surface area contributed by atoms with Crippen molar-refractivity contribution in [2.24, 2.45) is 5.84 Å². The van der Waals surface area contributed by atoms with Crippen molar-refractivity contribution in [2.45, 2.75) is 6.54 Å². The summed E-state index contributed by atoms with van der Waals surface area (Å²) in [6, 6.07) is 9.89. The van der Waals surface area contributed by atoms with Gasteiger partial charge in [0, 0.05) is 11.8 Å². The molecular formula is C17H15FN6O2. The largest absolute Gasteiger partial charge is 0.507 e. The van der Waals surface area contributed by atoms with Crippen molar-refractivity contribution >= 4 is 11.9 Å². The van der Waals surface area contributed by atoms with Crippen molar-refractivity contribution in [3.63, 3.8) is 0 Å².